The Bertz CT molecular complexity index is 1190. The van der Waals surface area contributed by atoms with E-state index in [1.807, 2.05) is 35.7 Å². The molecule has 1 N–H and O–H groups in total. The Morgan fingerprint density at radius 2 is 2.00 bits per heavy atom. The van der Waals surface area contributed by atoms with Gasteiger partial charge in [0.15, 0.2) is 11.5 Å². The highest BCUT2D eigenvalue weighted by atomic mass is 35.5. The molecule has 0 aliphatic carbocycles. The summed E-state index contributed by atoms with van der Waals surface area (Å²) < 4.78 is 5.19. The fourth-order valence-electron chi connectivity index (χ4n) is 2.85. The summed E-state index contributed by atoms with van der Waals surface area (Å²) in [5, 5.41) is 17.0. The highest BCUT2D eigenvalue weighted by Crippen LogP contribution is 2.33. The van der Waals surface area contributed by atoms with Crippen molar-refractivity contribution in [2.24, 2.45) is 0 Å². The molecule has 154 valence electrons. The molecule has 2 aromatic carbocycles. The fourth-order valence-corrected chi connectivity index (χ4v) is 3.76. The van der Waals surface area contributed by atoms with E-state index < -0.39 is 0 Å². The van der Waals surface area contributed by atoms with Crippen molar-refractivity contribution in [2.75, 3.05) is 12.4 Å². The number of fused-ring (bicyclic) bond motifs is 1. The molecule has 2 heterocycles. The molecule has 0 saturated carbocycles. The predicted molar refractivity (Wildman–Crippen MR) is 126 cm³/mol. The van der Waals surface area contributed by atoms with E-state index in [4.69, 9.17) is 22.9 Å². The number of rotatable bonds is 5. The minimum Gasteiger partial charge on any atom is -0.495 e. The zero-order chi connectivity index (χ0) is 19.5. The number of anilines is 1. The lowest BCUT2D eigenvalue weighted by Crippen LogP contribution is -2.04. The second-order valence-electron chi connectivity index (χ2n) is 5.90. The Morgan fingerprint density at radius 3 is 2.67 bits per heavy atom. The topological polar surface area (TPSA) is 64.3 Å². The number of nitrogens with zero attached hydrogens (tertiary/aromatic N) is 4. The van der Waals surface area contributed by atoms with Crippen molar-refractivity contribution in [3.8, 4) is 16.5 Å². The van der Waals surface area contributed by atoms with Gasteiger partial charge in [0.1, 0.15) is 16.5 Å². The maximum atomic E-state index is 7.31. The van der Waals surface area contributed by atoms with Crippen LogP contribution in [-0.4, -0.2) is 22.3 Å². The van der Waals surface area contributed by atoms with Gasteiger partial charge in [-0.25, -0.2) is 9.83 Å². The molecule has 0 bridgehead atoms. The number of hydrogen-bond acceptors (Lipinski definition) is 6. The molecule has 9 heteroatoms. The molecular formula is C21H19Cl2N5OS. The monoisotopic (exact) mass is 459 g/mol. The number of hydrogen-bond donors (Lipinski definition) is 1. The van der Waals surface area contributed by atoms with E-state index in [9.17, 15) is 0 Å². The quantitative estimate of drug-likeness (QED) is 0.339. The summed E-state index contributed by atoms with van der Waals surface area (Å²) in [5.74, 6) is 1.23. The van der Waals surface area contributed by atoms with Gasteiger partial charge in [-0.3, -0.25) is 0 Å². The summed E-state index contributed by atoms with van der Waals surface area (Å²) in [5.41, 5.74) is 2.23. The first-order valence-corrected chi connectivity index (χ1v) is 9.59. The normalized spacial score (nSPS) is 9.90. The van der Waals surface area contributed by atoms with Crippen molar-refractivity contribution in [1.29, 1.82) is 0 Å². The van der Waals surface area contributed by atoms with Crippen LogP contribution in [0.4, 0.5) is 11.5 Å². The SMILES string of the molecule is C.Cl.[C-]#[N+]c1ccc2c(-c3nccs3)nnc(NCc3ccc(OC)c(Cl)c3)c2c1. The molecule has 0 spiro atoms. The highest BCUT2D eigenvalue weighted by molar-refractivity contribution is 7.13. The van der Waals surface area contributed by atoms with Gasteiger partial charge in [-0.1, -0.05) is 37.2 Å². The molecule has 0 amide bonds. The van der Waals surface area contributed by atoms with Crippen LogP contribution < -0.4 is 10.1 Å². The molecule has 4 rings (SSSR count). The van der Waals surface area contributed by atoms with Crippen molar-refractivity contribution >= 4 is 57.6 Å². The van der Waals surface area contributed by atoms with Gasteiger partial charge in [0.05, 0.1) is 18.7 Å². The van der Waals surface area contributed by atoms with Gasteiger partial charge in [-0.2, -0.15) is 0 Å². The van der Waals surface area contributed by atoms with E-state index in [1.165, 1.54) is 11.3 Å². The standard InChI is InChI=1S/C20H14ClN5OS.CH4.ClH/c1-22-13-4-5-14-15(10-13)19(26-25-18(14)20-23-7-8-28-20)24-11-12-3-6-17(27-2)16(21)9-12;;/h3-10H,11H2,2H3,(H,24,26);1H4;1H. The molecule has 0 fully saturated rings. The van der Waals surface area contributed by atoms with Crippen molar-refractivity contribution in [1.82, 2.24) is 15.2 Å². The second kappa shape index (κ2) is 10.2. The van der Waals surface area contributed by atoms with Gasteiger partial charge in [-0.05, 0) is 23.8 Å². The highest BCUT2D eigenvalue weighted by Gasteiger charge is 2.13. The van der Waals surface area contributed by atoms with Gasteiger partial charge >= 0.3 is 0 Å². The first-order chi connectivity index (χ1) is 13.7. The Hall–Kier alpha value is -2.92. The summed E-state index contributed by atoms with van der Waals surface area (Å²) in [6, 6.07) is 11.1. The van der Waals surface area contributed by atoms with Gasteiger partial charge < -0.3 is 10.1 Å². The molecule has 6 nitrogen and oxygen atoms in total. The van der Waals surface area contributed by atoms with Gasteiger partial charge in [0.2, 0.25) is 0 Å². The van der Waals surface area contributed by atoms with Crippen LogP contribution >= 0.6 is 35.3 Å². The number of benzene rings is 2. The molecule has 4 aromatic rings. The average molecular weight is 460 g/mol. The Balaban J connectivity index is 0.00000160. The lowest BCUT2D eigenvalue weighted by molar-refractivity contribution is 0.415. The van der Waals surface area contributed by atoms with E-state index in [0.29, 0.717) is 34.5 Å². The zero-order valence-corrected chi connectivity index (χ0v) is 17.6. The van der Waals surface area contributed by atoms with Gasteiger partial charge in [-0.15, -0.1) is 33.9 Å². The van der Waals surface area contributed by atoms with Crippen LogP contribution in [0.5, 0.6) is 5.75 Å². The van der Waals surface area contributed by atoms with Crippen molar-refractivity contribution < 1.29 is 4.74 Å². The van der Waals surface area contributed by atoms with E-state index in [2.05, 4.69) is 25.3 Å². The molecule has 0 unspecified atom stereocenters. The van der Waals surface area contributed by atoms with Crippen molar-refractivity contribution in [3.05, 3.63) is 70.0 Å². The lowest BCUT2D eigenvalue weighted by atomic mass is 10.1. The molecule has 0 radical (unpaired) electrons. The predicted octanol–water partition coefficient (Wildman–Crippen LogP) is 6.64. The molecular weight excluding hydrogens is 441 g/mol. The number of halogens is 2. The zero-order valence-electron chi connectivity index (χ0n) is 15.2. The summed E-state index contributed by atoms with van der Waals surface area (Å²) in [7, 11) is 1.58. The largest absolute Gasteiger partial charge is 0.495 e. The Kier molecular flexibility index (Phi) is 7.95. The number of nitrogens with one attached hydrogen (secondary N) is 1. The molecule has 0 aliphatic rings. The summed E-state index contributed by atoms with van der Waals surface area (Å²) >= 11 is 7.70. The Morgan fingerprint density at radius 1 is 1.17 bits per heavy atom. The van der Waals surface area contributed by atoms with Crippen LogP contribution in [0.15, 0.2) is 48.0 Å². The van der Waals surface area contributed by atoms with Crippen LogP contribution in [0.3, 0.4) is 0 Å². The van der Waals surface area contributed by atoms with Crippen LogP contribution in [0.2, 0.25) is 5.02 Å². The van der Waals surface area contributed by atoms with Gasteiger partial charge in [0.25, 0.3) is 0 Å². The van der Waals surface area contributed by atoms with Crippen LogP contribution in [0.1, 0.15) is 13.0 Å². The maximum Gasteiger partial charge on any atom is 0.188 e. The number of aromatic nitrogens is 3. The Labute approximate surface area is 190 Å². The average Bonchev–Trinajstić information content (AvgIpc) is 3.26. The van der Waals surface area contributed by atoms with E-state index in [-0.39, 0.29) is 19.8 Å². The number of methoxy groups -OCH3 is 1. The second-order valence-corrected chi connectivity index (χ2v) is 7.20. The van der Waals surface area contributed by atoms with Crippen LogP contribution in [-0.2, 0) is 6.54 Å². The van der Waals surface area contributed by atoms with Crippen molar-refractivity contribution in [2.45, 2.75) is 14.0 Å². The smallest absolute Gasteiger partial charge is 0.188 e. The van der Waals surface area contributed by atoms with E-state index in [1.54, 1.807) is 19.4 Å². The molecule has 0 atom stereocenters. The van der Waals surface area contributed by atoms with Gasteiger partial charge in [0, 0.05) is 28.9 Å². The minimum atomic E-state index is 0. The summed E-state index contributed by atoms with van der Waals surface area (Å²) in [6.45, 7) is 7.82. The maximum absolute atomic E-state index is 7.31. The van der Waals surface area contributed by atoms with Crippen LogP contribution in [0, 0.1) is 6.57 Å². The van der Waals surface area contributed by atoms with Crippen LogP contribution in [0.25, 0.3) is 26.3 Å². The number of thiazole rings is 1. The summed E-state index contributed by atoms with van der Waals surface area (Å²) in [6.07, 6.45) is 1.74. The molecule has 0 saturated heterocycles. The lowest BCUT2D eigenvalue weighted by Gasteiger charge is -2.11. The minimum absolute atomic E-state index is 0. The third kappa shape index (κ3) is 4.62. The third-order valence-corrected chi connectivity index (χ3v) is 5.28. The first-order valence-electron chi connectivity index (χ1n) is 8.33. The van der Waals surface area contributed by atoms with E-state index >= 15 is 0 Å². The summed E-state index contributed by atoms with van der Waals surface area (Å²) in [4.78, 5) is 7.87. The molecule has 2 aromatic heterocycles. The van der Waals surface area contributed by atoms with E-state index in [0.717, 1.165) is 21.3 Å². The number of ether oxygens (including phenoxy) is 1. The first kappa shape index (κ1) is 23.4. The molecule has 30 heavy (non-hydrogen) atoms. The van der Waals surface area contributed by atoms with Crippen molar-refractivity contribution in [3.63, 3.8) is 0 Å². The molecule has 0 aliphatic heterocycles. The third-order valence-electron chi connectivity index (χ3n) is 4.20. The fraction of sp³-hybridized carbons (Fsp3) is 0.143.